The Morgan fingerprint density at radius 3 is 2.60 bits per heavy atom. The molecule has 1 fully saturated rings. The summed E-state index contributed by atoms with van der Waals surface area (Å²) in [7, 11) is 2.62. The van der Waals surface area contributed by atoms with Crippen LogP contribution < -0.4 is 5.32 Å². The molecule has 3 nitrogen and oxygen atoms in total. The third-order valence-electron chi connectivity index (χ3n) is 3.38. The lowest BCUT2D eigenvalue weighted by Crippen LogP contribution is -2.44. The predicted molar refractivity (Wildman–Crippen MR) is 65.9 cm³/mol. The van der Waals surface area contributed by atoms with Gasteiger partial charge in [-0.05, 0) is 25.1 Å². The molecule has 4 heteroatoms. The molecule has 0 aliphatic carbocycles. The van der Waals surface area contributed by atoms with Crippen molar-refractivity contribution < 1.29 is 9.47 Å². The molecular weight excluding hydrogens is 206 g/mol. The molecule has 1 N–H and O–H groups in total. The van der Waals surface area contributed by atoms with Crippen molar-refractivity contribution in [3.8, 4) is 0 Å². The van der Waals surface area contributed by atoms with Gasteiger partial charge in [0.05, 0.1) is 0 Å². The highest BCUT2D eigenvalue weighted by Gasteiger charge is 2.31. The summed E-state index contributed by atoms with van der Waals surface area (Å²) in [6.45, 7) is 4.63. The Labute approximate surface area is 95.1 Å². The van der Waals surface area contributed by atoms with Crippen LogP contribution in [0.15, 0.2) is 0 Å². The first kappa shape index (κ1) is 13.2. The quantitative estimate of drug-likeness (QED) is 0.555. The van der Waals surface area contributed by atoms with E-state index in [4.69, 9.17) is 9.47 Å². The molecule has 0 amide bonds. The molecule has 2 unspecified atom stereocenters. The SMILES string of the molecule is CCC[SiH](C1CCCNC1)C(OC)OC. The highest BCUT2D eigenvalue weighted by atomic mass is 28.3. The summed E-state index contributed by atoms with van der Waals surface area (Å²) in [4.78, 5) is 0. The summed E-state index contributed by atoms with van der Waals surface area (Å²) in [6, 6.07) is 1.33. The van der Waals surface area contributed by atoms with Crippen LogP contribution in [-0.4, -0.2) is 42.0 Å². The molecule has 0 radical (unpaired) electrons. The molecule has 1 aliphatic rings. The van der Waals surface area contributed by atoms with Crippen LogP contribution in [0.25, 0.3) is 0 Å². The first-order valence-electron chi connectivity index (χ1n) is 6.09. The number of ether oxygens (including phenoxy) is 2. The van der Waals surface area contributed by atoms with Gasteiger partial charge < -0.3 is 14.8 Å². The predicted octanol–water partition coefficient (Wildman–Crippen LogP) is 1.54. The second-order valence-electron chi connectivity index (χ2n) is 4.40. The van der Waals surface area contributed by atoms with Crippen LogP contribution in [0.4, 0.5) is 0 Å². The van der Waals surface area contributed by atoms with E-state index in [9.17, 15) is 0 Å². The monoisotopic (exact) mass is 231 g/mol. The average molecular weight is 231 g/mol. The summed E-state index contributed by atoms with van der Waals surface area (Å²) in [5, 5.41) is 3.50. The van der Waals surface area contributed by atoms with E-state index in [0.29, 0.717) is 0 Å². The molecule has 1 saturated heterocycles. The summed E-state index contributed by atoms with van der Waals surface area (Å²) in [5.74, 6) is 0.106. The molecule has 0 saturated carbocycles. The van der Waals surface area contributed by atoms with Crippen molar-refractivity contribution in [3.05, 3.63) is 0 Å². The van der Waals surface area contributed by atoms with Gasteiger partial charge in [0.1, 0.15) is 14.7 Å². The minimum Gasteiger partial charge on any atom is -0.360 e. The highest BCUT2D eigenvalue weighted by Crippen LogP contribution is 2.26. The topological polar surface area (TPSA) is 30.5 Å². The van der Waals surface area contributed by atoms with Crippen LogP contribution in [0, 0.1) is 0 Å². The largest absolute Gasteiger partial charge is 0.360 e. The van der Waals surface area contributed by atoms with Gasteiger partial charge in [-0.2, -0.15) is 0 Å². The van der Waals surface area contributed by atoms with Crippen molar-refractivity contribution in [3.63, 3.8) is 0 Å². The Balaban J connectivity index is 2.53. The third-order valence-corrected chi connectivity index (χ3v) is 7.64. The van der Waals surface area contributed by atoms with E-state index < -0.39 is 8.80 Å². The molecule has 0 aromatic heterocycles. The lowest BCUT2D eigenvalue weighted by Gasteiger charge is -2.33. The van der Waals surface area contributed by atoms with Gasteiger partial charge in [0.25, 0.3) is 0 Å². The van der Waals surface area contributed by atoms with Crippen LogP contribution in [0.5, 0.6) is 0 Å². The van der Waals surface area contributed by atoms with Gasteiger partial charge in [0.2, 0.25) is 0 Å². The second kappa shape index (κ2) is 7.38. The zero-order valence-electron chi connectivity index (χ0n) is 10.3. The minimum atomic E-state index is -0.937. The molecule has 0 bridgehead atoms. The second-order valence-corrected chi connectivity index (χ2v) is 7.79. The molecule has 1 aliphatic heterocycles. The normalized spacial score (nSPS) is 24.4. The van der Waals surface area contributed by atoms with E-state index in [-0.39, 0.29) is 5.91 Å². The van der Waals surface area contributed by atoms with E-state index in [1.165, 1.54) is 38.4 Å². The first-order valence-corrected chi connectivity index (χ1v) is 8.24. The average Bonchev–Trinajstić information content (AvgIpc) is 2.30. The van der Waals surface area contributed by atoms with Gasteiger partial charge in [0, 0.05) is 14.2 Å². The van der Waals surface area contributed by atoms with Gasteiger partial charge in [-0.25, -0.2) is 0 Å². The molecule has 2 atom stereocenters. The van der Waals surface area contributed by atoms with Gasteiger partial charge in [0.15, 0.2) is 0 Å². The van der Waals surface area contributed by atoms with E-state index in [0.717, 1.165) is 5.54 Å². The number of piperidine rings is 1. The maximum absolute atomic E-state index is 5.48. The Morgan fingerprint density at radius 1 is 1.40 bits per heavy atom. The highest BCUT2D eigenvalue weighted by molar-refractivity contribution is 6.61. The van der Waals surface area contributed by atoms with Crippen molar-refractivity contribution in [2.75, 3.05) is 27.3 Å². The fourth-order valence-electron chi connectivity index (χ4n) is 2.62. The number of methoxy groups -OCH3 is 2. The lowest BCUT2D eigenvalue weighted by molar-refractivity contribution is -0.0486. The maximum Gasteiger partial charge on any atom is 0.137 e. The van der Waals surface area contributed by atoms with Crippen molar-refractivity contribution in [2.45, 2.75) is 43.7 Å². The lowest BCUT2D eigenvalue weighted by atomic mass is 10.2. The first-order chi connectivity index (χ1) is 7.33. The van der Waals surface area contributed by atoms with Crippen LogP contribution in [0.2, 0.25) is 11.6 Å². The van der Waals surface area contributed by atoms with E-state index >= 15 is 0 Å². The number of hydrogen-bond acceptors (Lipinski definition) is 3. The molecule has 1 heterocycles. The van der Waals surface area contributed by atoms with Crippen molar-refractivity contribution in [1.82, 2.24) is 5.32 Å². The van der Waals surface area contributed by atoms with Crippen molar-refractivity contribution in [2.24, 2.45) is 0 Å². The van der Waals surface area contributed by atoms with E-state index in [1.54, 1.807) is 14.2 Å². The zero-order chi connectivity index (χ0) is 11.1. The van der Waals surface area contributed by atoms with Crippen LogP contribution in [-0.2, 0) is 9.47 Å². The minimum absolute atomic E-state index is 0.106. The summed E-state index contributed by atoms with van der Waals surface area (Å²) in [6.07, 6.45) is 3.95. The molecular formula is C11H25NO2Si. The summed E-state index contributed by atoms with van der Waals surface area (Å²) < 4.78 is 11.0. The fraction of sp³-hybridized carbons (Fsp3) is 1.00. The molecule has 90 valence electrons. The Morgan fingerprint density at radius 2 is 2.13 bits per heavy atom. The van der Waals surface area contributed by atoms with Crippen molar-refractivity contribution >= 4 is 8.80 Å². The maximum atomic E-state index is 5.48. The van der Waals surface area contributed by atoms with Gasteiger partial charge in [-0.15, -0.1) is 0 Å². The van der Waals surface area contributed by atoms with Crippen LogP contribution in [0.3, 0.4) is 0 Å². The van der Waals surface area contributed by atoms with Gasteiger partial charge in [-0.3, -0.25) is 0 Å². The summed E-state index contributed by atoms with van der Waals surface area (Å²) in [5.41, 5.74) is 0.851. The van der Waals surface area contributed by atoms with Crippen LogP contribution in [0.1, 0.15) is 26.2 Å². The smallest absolute Gasteiger partial charge is 0.137 e. The standard InChI is InChI=1S/C11H25NO2Si/c1-4-8-15(11(13-2)14-3)10-6-5-7-12-9-10/h10-12,15H,4-9H2,1-3H3. The third kappa shape index (κ3) is 3.87. The van der Waals surface area contributed by atoms with E-state index in [1.807, 2.05) is 0 Å². The number of hydrogen-bond donors (Lipinski definition) is 1. The molecule has 0 aromatic rings. The van der Waals surface area contributed by atoms with Gasteiger partial charge >= 0.3 is 0 Å². The number of rotatable bonds is 6. The molecule has 15 heavy (non-hydrogen) atoms. The van der Waals surface area contributed by atoms with Crippen LogP contribution >= 0.6 is 0 Å². The Hall–Kier alpha value is 0.0969. The Kier molecular flexibility index (Phi) is 6.48. The molecule has 0 spiro atoms. The molecule has 0 aromatic carbocycles. The van der Waals surface area contributed by atoms with Crippen molar-refractivity contribution in [1.29, 1.82) is 0 Å². The zero-order valence-corrected chi connectivity index (χ0v) is 11.4. The summed E-state index contributed by atoms with van der Waals surface area (Å²) >= 11 is 0. The van der Waals surface area contributed by atoms with Gasteiger partial charge in [-0.1, -0.05) is 25.8 Å². The molecule has 1 rings (SSSR count). The number of nitrogens with one attached hydrogen (secondary N) is 1. The fourth-order valence-corrected chi connectivity index (χ4v) is 6.30. The van der Waals surface area contributed by atoms with E-state index in [2.05, 4.69) is 12.2 Å². The Bertz CT molecular complexity index is 159.